The smallest absolute Gasteiger partial charge is 0.261 e. The molecule has 0 aromatic heterocycles. The Balaban J connectivity index is 1.96. The number of benzene rings is 2. The Kier molecular flexibility index (Phi) is 7.37. The molecule has 0 saturated carbocycles. The van der Waals surface area contributed by atoms with Crippen LogP contribution < -0.4 is 15.4 Å². The molecule has 0 unspecified atom stereocenters. The summed E-state index contributed by atoms with van der Waals surface area (Å²) in [6.45, 7) is 5.39. The first-order valence-electron chi connectivity index (χ1n) is 8.08. The molecule has 0 bridgehead atoms. The minimum absolute atomic E-state index is 0.236. The maximum atomic E-state index is 12.5. The largest absolute Gasteiger partial charge is 0.490 e. The lowest BCUT2D eigenvalue weighted by Gasteiger charge is -2.13. The molecule has 0 heterocycles. The van der Waals surface area contributed by atoms with Crippen LogP contribution in [0.25, 0.3) is 0 Å². The molecule has 0 atom stereocenters. The number of carbonyl (C=O) groups excluding carboxylic acids is 1. The zero-order chi connectivity index (χ0) is 18.1. The molecule has 1 amide bonds. The van der Waals surface area contributed by atoms with Gasteiger partial charge in [-0.05, 0) is 55.9 Å². The number of para-hydroxylation sites is 1. The number of aryl methyl sites for hydroxylation is 1. The van der Waals surface area contributed by atoms with Gasteiger partial charge in [0.15, 0.2) is 5.11 Å². The van der Waals surface area contributed by atoms with Gasteiger partial charge in [-0.2, -0.15) is 0 Å². The number of nitrogens with one attached hydrogen (secondary N) is 2. The molecule has 2 aromatic rings. The van der Waals surface area contributed by atoms with Crippen LogP contribution in [0.4, 0.5) is 5.69 Å². The molecular weight excluding hydrogens is 336 g/mol. The molecule has 0 spiro atoms. The minimum Gasteiger partial charge on any atom is -0.490 e. The van der Waals surface area contributed by atoms with Crippen molar-refractivity contribution in [2.24, 2.45) is 0 Å². The molecule has 0 aliphatic rings. The normalized spacial score (nSPS) is 10.2. The third-order valence-electron chi connectivity index (χ3n) is 3.32. The zero-order valence-corrected chi connectivity index (χ0v) is 15.2. The summed E-state index contributed by atoms with van der Waals surface area (Å²) in [5.74, 6) is 0.176. The molecule has 2 rings (SSSR count). The molecule has 132 valence electrons. The van der Waals surface area contributed by atoms with Gasteiger partial charge in [0.25, 0.3) is 5.91 Å². The van der Waals surface area contributed by atoms with E-state index < -0.39 is 0 Å². The lowest BCUT2D eigenvalue weighted by molar-refractivity contribution is 0.0958. The van der Waals surface area contributed by atoms with Crippen molar-refractivity contribution in [1.29, 1.82) is 0 Å². The van der Waals surface area contributed by atoms with E-state index in [0.29, 0.717) is 31.1 Å². The third-order valence-corrected chi connectivity index (χ3v) is 3.53. The average molecular weight is 358 g/mol. The minimum atomic E-state index is -0.322. The van der Waals surface area contributed by atoms with Gasteiger partial charge in [-0.1, -0.05) is 24.3 Å². The van der Waals surface area contributed by atoms with Gasteiger partial charge >= 0.3 is 0 Å². The van der Waals surface area contributed by atoms with Gasteiger partial charge in [0.1, 0.15) is 12.4 Å². The second-order valence-electron chi connectivity index (χ2n) is 5.32. The van der Waals surface area contributed by atoms with Crippen LogP contribution in [0.3, 0.4) is 0 Å². The van der Waals surface area contributed by atoms with Crippen LogP contribution in [0, 0.1) is 6.92 Å². The topological polar surface area (TPSA) is 59.6 Å². The van der Waals surface area contributed by atoms with Crippen LogP contribution in [0.2, 0.25) is 0 Å². The molecule has 0 fully saturated rings. The van der Waals surface area contributed by atoms with Crippen LogP contribution in [-0.2, 0) is 4.74 Å². The van der Waals surface area contributed by atoms with Crippen LogP contribution in [0.15, 0.2) is 48.5 Å². The van der Waals surface area contributed by atoms with E-state index in [-0.39, 0.29) is 11.0 Å². The fourth-order valence-corrected chi connectivity index (χ4v) is 2.40. The number of ether oxygens (including phenoxy) is 2. The molecule has 5 nitrogen and oxygen atoms in total. The van der Waals surface area contributed by atoms with E-state index in [0.717, 1.165) is 11.3 Å². The summed E-state index contributed by atoms with van der Waals surface area (Å²) in [7, 11) is 0. The lowest BCUT2D eigenvalue weighted by atomic mass is 10.2. The summed E-state index contributed by atoms with van der Waals surface area (Å²) in [5.41, 5.74) is 2.35. The van der Waals surface area contributed by atoms with E-state index in [1.165, 1.54) is 0 Å². The van der Waals surface area contributed by atoms with Crippen LogP contribution in [-0.4, -0.2) is 30.8 Å². The summed E-state index contributed by atoms with van der Waals surface area (Å²) < 4.78 is 10.9. The maximum Gasteiger partial charge on any atom is 0.261 e. The molecule has 6 heteroatoms. The van der Waals surface area contributed by atoms with Crippen molar-refractivity contribution in [2.45, 2.75) is 13.8 Å². The fourth-order valence-electron chi connectivity index (χ4n) is 2.19. The molecule has 0 radical (unpaired) electrons. The molecule has 25 heavy (non-hydrogen) atoms. The Morgan fingerprint density at radius 3 is 2.68 bits per heavy atom. The van der Waals surface area contributed by atoms with Crippen molar-refractivity contribution < 1.29 is 14.3 Å². The molecular formula is C19H22N2O3S. The van der Waals surface area contributed by atoms with Crippen molar-refractivity contribution in [3.63, 3.8) is 0 Å². The van der Waals surface area contributed by atoms with Crippen molar-refractivity contribution >= 4 is 28.9 Å². The number of rotatable bonds is 7. The van der Waals surface area contributed by atoms with E-state index in [9.17, 15) is 4.79 Å². The van der Waals surface area contributed by atoms with Crippen molar-refractivity contribution in [2.75, 3.05) is 25.1 Å². The number of amides is 1. The summed E-state index contributed by atoms with van der Waals surface area (Å²) in [5, 5.41) is 5.91. The van der Waals surface area contributed by atoms with E-state index in [1.54, 1.807) is 18.2 Å². The van der Waals surface area contributed by atoms with E-state index in [4.69, 9.17) is 21.7 Å². The highest BCUT2D eigenvalue weighted by Gasteiger charge is 2.13. The SMILES string of the molecule is CCOCCOc1ccccc1C(=O)NC(=S)Nc1cccc(C)c1. The van der Waals surface area contributed by atoms with Crippen LogP contribution in [0.1, 0.15) is 22.8 Å². The zero-order valence-electron chi connectivity index (χ0n) is 14.4. The van der Waals surface area contributed by atoms with Gasteiger partial charge in [-0.15, -0.1) is 0 Å². The van der Waals surface area contributed by atoms with Crippen molar-refractivity contribution in [1.82, 2.24) is 5.32 Å². The summed E-state index contributed by atoms with van der Waals surface area (Å²) >= 11 is 5.22. The average Bonchev–Trinajstić information content (AvgIpc) is 2.59. The van der Waals surface area contributed by atoms with Gasteiger partial charge in [0.2, 0.25) is 0 Å². The monoisotopic (exact) mass is 358 g/mol. The molecule has 2 aromatic carbocycles. The third kappa shape index (κ3) is 6.17. The Morgan fingerprint density at radius 1 is 1.12 bits per heavy atom. The van der Waals surface area contributed by atoms with E-state index in [1.807, 2.05) is 44.2 Å². The van der Waals surface area contributed by atoms with Crippen LogP contribution in [0.5, 0.6) is 5.75 Å². The van der Waals surface area contributed by atoms with E-state index in [2.05, 4.69) is 10.6 Å². The van der Waals surface area contributed by atoms with Gasteiger partial charge < -0.3 is 14.8 Å². The second-order valence-corrected chi connectivity index (χ2v) is 5.73. The first kappa shape index (κ1) is 18.9. The Labute approximate surface area is 153 Å². The number of carbonyl (C=O) groups is 1. The van der Waals surface area contributed by atoms with Crippen LogP contribution >= 0.6 is 12.2 Å². The molecule has 0 aliphatic carbocycles. The summed E-state index contributed by atoms with van der Waals surface area (Å²) in [4.78, 5) is 12.5. The highest BCUT2D eigenvalue weighted by molar-refractivity contribution is 7.80. The number of hydrogen-bond donors (Lipinski definition) is 2. The maximum absolute atomic E-state index is 12.5. The highest BCUT2D eigenvalue weighted by atomic mass is 32.1. The second kappa shape index (κ2) is 9.76. The predicted octanol–water partition coefficient (Wildman–Crippen LogP) is 3.54. The first-order valence-corrected chi connectivity index (χ1v) is 8.49. The Hall–Kier alpha value is -2.44. The summed E-state index contributed by atoms with van der Waals surface area (Å²) in [6, 6.07) is 14.8. The van der Waals surface area contributed by atoms with Gasteiger partial charge in [0, 0.05) is 12.3 Å². The molecule has 0 aliphatic heterocycles. The van der Waals surface area contributed by atoms with Crippen molar-refractivity contribution in [3.05, 3.63) is 59.7 Å². The van der Waals surface area contributed by atoms with Gasteiger partial charge in [-0.3, -0.25) is 10.1 Å². The molecule has 0 saturated heterocycles. The Morgan fingerprint density at radius 2 is 1.92 bits per heavy atom. The summed E-state index contributed by atoms with van der Waals surface area (Å²) in [6.07, 6.45) is 0. The predicted molar refractivity (Wildman–Crippen MR) is 103 cm³/mol. The standard InChI is InChI=1S/C19H22N2O3S/c1-3-23-11-12-24-17-10-5-4-9-16(17)18(22)21-19(25)20-15-8-6-7-14(2)13-15/h4-10,13H,3,11-12H2,1-2H3,(H2,20,21,22,25). The van der Waals surface area contributed by atoms with Crippen molar-refractivity contribution in [3.8, 4) is 5.75 Å². The van der Waals surface area contributed by atoms with Gasteiger partial charge in [0.05, 0.1) is 12.2 Å². The highest BCUT2D eigenvalue weighted by Crippen LogP contribution is 2.18. The lowest BCUT2D eigenvalue weighted by Crippen LogP contribution is -2.34. The number of hydrogen-bond acceptors (Lipinski definition) is 4. The van der Waals surface area contributed by atoms with Gasteiger partial charge in [-0.25, -0.2) is 0 Å². The number of anilines is 1. The van der Waals surface area contributed by atoms with E-state index >= 15 is 0 Å². The fraction of sp³-hybridized carbons (Fsp3) is 0.263. The quantitative estimate of drug-likeness (QED) is 0.586. The first-order chi connectivity index (χ1) is 12.1. The Bertz CT molecular complexity index is 734. The number of thiocarbonyl (C=S) groups is 1. The molecule has 2 N–H and O–H groups in total.